The molecular formula is C20H15N3S. The SMILES string of the molecule is C1=C(c2cnc3nc(-c4ccc5ccccc5c4)[nH]c3c2)SCC1. The van der Waals surface area contributed by atoms with Gasteiger partial charge in [-0.15, -0.1) is 11.8 Å². The molecule has 0 atom stereocenters. The van der Waals surface area contributed by atoms with Gasteiger partial charge in [-0.1, -0.05) is 42.5 Å². The van der Waals surface area contributed by atoms with Crippen molar-refractivity contribution in [3.63, 3.8) is 0 Å². The van der Waals surface area contributed by atoms with Crippen molar-refractivity contribution in [2.24, 2.45) is 0 Å². The Kier molecular flexibility index (Phi) is 3.16. The number of H-pyrrole nitrogens is 1. The standard InChI is InChI=1S/C20H15N3S/c1-2-5-14-10-15(8-7-13(14)4-1)19-22-17-11-16(12-21-20(17)23-19)18-6-3-9-24-18/h1-2,4-8,10-12H,3,9H2,(H,21,22,23). The summed E-state index contributed by atoms with van der Waals surface area (Å²) in [6.45, 7) is 0. The fourth-order valence-electron chi connectivity index (χ4n) is 3.13. The number of aromatic nitrogens is 3. The van der Waals surface area contributed by atoms with Crippen molar-refractivity contribution in [3.05, 3.63) is 66.4 Å². The van der Waals surface area contributed by atoms with Crippen molar-refractivity contribution in [1.82, 2.24) is 15.0 Å². The zero-order chi connectivity index (χ0) is 15.9. The molecule has 1 N–H and O–H groups in total. The fraction of sp³-hybridized carbons (Fsp3) is 0.100. The molecule has 2 aromatic carbocycles. The van der Waals surface area contributed by atoms with Crippen LogP contribution < -0.4 is 0 Å². The van der Waals surface area contributed by atoms with Gasteiger partial charge in [0.25, 0.3) is 0 Å². The Morgan fingerprint density at radius 1 is 0.958 bits per heavy atom. The first-order valence-corrected chi connectivity index (χ1v) is 9.04. The second-order valence-corrected chi connectivity index (χ2v) is 7.08. The van der Waals surface area contributed by atoms with E-state index in [9.17, 15) is 0 Å². The molecule has 0 radical (unpaired) electrons. The lowest BCUT2D eigenvalue weighted by molar-refractivity contribution is 1.27. The minimum absolute atomic E-state index is 0.769. The fourth-order valence-corrected chi connectivity index (χ4v) is 4.10. The number of benzene rings is 2. The third-order valence-corrected chi connectivity index (χ3v) is 5.50. The molecule has 116 valence electrons. The van der Waals surface area contributed by atoms with Crippen molar-refractivity contribution in [1.29, 1.82) is 0 Å². The van der Waals surface area contributed by atoms with Crippen LogP contribution in [0.15, 0.2) is 60.8 Å². The van der Waals surface area contributed by atoms with Gasteiger partial charge in [0.1, 0.15) is 5.82 Å². The van der Waals surface area contributed by atoms with E-state index in [0.29, 0.717) is 0 Å². The number of hydrogen-bond donors (Lipinski definition) is 1. The highest BCUT2D eigenvalue weighted by atomic mass is 32.2. The Morgan fingerprint density at radius 2 is 1.88 bits per heavy atom. The van der Waals surface area contributed by atoms with E-state index in [1.807, 2.05) is 18.0 Å². The molecule has 0 saturated heterocycles. The van der Waals surface area contributed by atoms with E-state index in [4.69, 9.17) is 0 Å². The predicted molar refractivity (Wildman–Crippen MR) is 102 cm³/mol. The normalized spacial score (nSPS) is 14.4. The molecule has 0 aliphatic carbocycles. The van der Waals surface area contributed by atoms with E-state index in [-0.39, 0.29) is 0 Å². The molecule has 5 rings (SSSR count). The smallest absolute Gasteiger partial charge is 0.178 e. The van der Waals surface area contributed by atoms with Gasteiger partial charge in [-0.25, -0.2) is 9.97 Å². The summed E-state index contributed by atoms with van der Waals surface area (Å²) in [6, 6.07) is 16.9. The lowest BCUT2D eigenvalue weighted by atomic mass is 10.1. The third kappa shape index (κ3) is 2.31. The maximum atomic E-state index is 4.66. The van der Waals surface area contributed by atoms with Crippen LogP contribution in [-0.2, 0) is 0 Å². The number of thioether (sulfide) groups is 1. The molecule has 3 heterocycles. The van der Waals surface area contributed by atoms with Crippen LogP contribution >= 0.6 is 11.8 Å². The lowest BCUT2D eigenvalue weighted by Crippen LogP contribution is -1.82. The van der Waals surface area contributed by atoms with Crippen LogP contribution in [0.4, 0.5) is 0 Å². The molecule has 0 spiro atoms. The molecule has 4 aromatic rings. The molecule has 0 amide bonds. The molecule has 0 unspecified atom stereocenters. The number of nitrogens with zero attached hydrogens (tertiary/aromatic N) is 2. The van der Waals surface area contributed by atoms with Gasteiger partial charge in [-0.3, -0.25) is 0 Å². The summed E-state index contributed by atoms with van der Waals surface area (Å²) in [4.78, 5) is 14.0. The Bertz CT molecular complexity index is 1090. The van der Waals surface area contributed by atoms with Gasteiger partial charge >= 0.3 is 0 Å². The summed E-state index contributed by atoms with van der Waals surface area (Å²) in [6.07, 6.45) is 5.36. The first-order valence-electron chi connectivity index (χ1n) is 8.05. The lowest BCUT2D eigenvalue weighted by Gasteiger charge is -2.00. The first-order chi connectivity index (χ1) is 11.9. The minimum Gasteiger partial charge on any atom is -0.337 e. The Hall–Kier alpha value is -2.59. The quantitative estimate of drug-likeness (QED) is 0.545. The highest BCUT2D eigenvalue weighted by Gasteiger charge is 2.12. The average molecular weight is 329 g/mol. The van der Waals surface area contributed by atoms with Gasteiger partial charge < -0.3 is 4.98 Å². The number of fused-ring (bicyclic) bond motifs is 2. The van der Waals surface area contributed by atoms with Crippen LogP contribution in [0.3, 0.4) is 0 Å². The second kappa shape index (κ2) is 5.49. The molecule has 2 aromatic heterocycles. The van der Waals surface area contributed by atoms with Crippen LogP contribution in [0, 0.1) is 0 Å². The van der Waals surface area contributed by atoms with Crippen LogP contribution in [-0.4, -0.2) is 20.7 Å². The number of nitrogens with one attached hydrogen (secondary N) is 1. The Morgan fingerprint density at radius 3 is 2.75 bits per heavy atom. The topological polar surface area (TPSA) is 41.6 Å². The number of pyridine rings is 1. The molecule has 4 heteroatoms. The number of hydrogen-bond acceptors (Lipinski definition) is 3. The van der Waals surface area contributed by atoms with Gasteiger partial charge in [0.2, 0.25) is 0 Å². The van der Waals surface area contributed by atoms with Gasteiger partial charge in [0.05, 0.1) is 5.52 Å². The zero-order valence-electron chi connectivity index (χ0n) is 13.0. The van der Waals surface area contributed by atoms with E-state index in [2.05, 4.69) is 69.6 Å². The van der Waals surface area contributed by atoms with Crippen molar-refractivity contribution in [3.8, 4) is 11.4 Å². The second-order valence-electron chi connectivity index (χ2n) is 5.95. The maximum Gasteiger partial charge on any atom is 0.178 e. The Labute approximate surface area is 143 Å². The minimum atomic E-state index is 0.769. The third-order valence-electron chi connectivity index (χ3n) is 4.35. The van der Waals surface area contributed by atoms with Crippen LogP contribution in [0.2, 0.25) is 0 Å². The van der Waals surface area contributed by atoms with Crippen LogP contribution in [0.1, 0.15) is 12.0 Å². The first kappa shape index (κ1) is 13.8. The number of allylic oxidation sites excluding steroid dienone is 1. The molecule has 0 saturated carbocycles. The summed E-state index contributed by atoms with van der Waals surface area (Å²) >= 11 is 1.90. The highest BCUT2D eigenvalue weighted by molar-refractivity contribution is 8.08. The number of rotatable bonds is 2. The van der Waals surface area contributed by atoms with Crippen molar-refractivity contribution in [2.45, 2.75) is 6.42 Å². The van der Waals surface area contributed by atoms with Crippen LogP contribution in [0.25, 0.3) is 38.2 Å². The van der Waals surface area contributed by atoms with Crippen molar-refractivity contribution >= 4 is 38.6 Å². The summed E-state index contributed by atoms with van der Waals surface area (Å²) in [5, 5.41) is 2.46. The molecule has 1 aliphatic rings. The summed E-state index contributed by atoms with van der Waals surface area (Å²) in [7, 11) is 0. The molecular weight excluding hydrogens is 314 g/mol. The van der Waals surface area contributed by atoms with E-state index < -0.39 is 0 Å². The Balaban J connectivity index is 1.60. The molecule has 0 bridgehead atoms. The van der Waals surface area contributed by atoms with E-state index in [1.54, 1.807) is 0 Å². The summed E-state index contributed by atoms with van der Waals surface area (Å²) in [5.41, 5.74) is 4.02. The molecule has 0 fully saturated rings. The van der Waals surface area contributed by atoms with Gasteiger partial charge in [-0.05, 0) is 29.3 Å². The van der Waals surface area contributed by atoms with Gasteiger partial charge in [-0.2, -0.15) is 0 Å². The van der Waals surface area contributed by atoms with Crippen molar-refractivity contribution in [2.75, 3.05) is 5.75 Å². The van der Waals surface area contributed by atoms with Gasteiger partial charge in [0.15, 0.2) is 5.65 Å². The van der Waals surface area contributed by atoms with E-state index >= 15 is 0 Å². The largest absolute Gasteiger partial charge is 0.337 e. The summed E-state index contributed by atoms with van der Waals surface area (Å²) in [5.74, 6) is 2.03. The maximum absolute atomic E-state index is 4.66. The zero-order valence-corrected chi connectivity index (χ0v) is 13.8. The number of aromatic amines is 1. The monoisotopic (exact) mass is 329 g/mol. The van der Waals surface area contributed by atoms with Crippen LogP contribution in [0.5, 0.6) is 0 Å². The van der Waals surface area contributed by atoms with Crippen molar-refractivity contribution < 1.29 is 0 Å². The molecule has 24 heavy (non-hydrogen) atoms. The van der Waals surface area contributed by atoms with Gasteiger partial charge in [0, 0.05) is 28.0 Å². The summed E-state index contributed by atoms with van der Waals surface area (Å²) < 4.78 is 0. The number of imidazole rings is 1. The molecule has 3 nitrogen and oxygen atoms in total. The molecule has 1 aliphatic heterocycles. The van der Waals surface area contributed by atoms with E-state index in [0.717, 1.165) is 29.0 Å². The van der Waals surface area contributed by atoms with E-state index in [1.165, 1.54) is 27.0 Å². The average Bonchev–Trinajstić information content (AvgIpc) is 3.30. The predicted octanol–water partition coefficient (Wildman–Crippen LogP) is 5.26. The highest BCUT2D eigenvalue weighted by Crippen LogP contribution is 2.34.